The largest absolute Gasteiger partial charge is 0.353 e. The zero-order chi connectivity index (χ0) is 17.3. The van der Waals surface area contributed by atoms with Crippen LogP contribution in [0.2, 0.25) is 0 Å². The highest BCUT2D eigenvalue weighted by atomic mass is 35.5. The number of rotatable bonds is 4. The lowest BCUT2D eigenvalue weighted by molar-refractivity contribution is 0.260. The third-order valence-corrected chi connectivity index (χ3v) is 6.47. The average Bonchev–Trinajstić information content (AvgIpc) is 3.33. The van der Waals surface area contributed by atoms with Gasteiger partial charge >= 0.3 is 0 Å². The van der Waals surface area contributed by atoms with Gasteiger partial charge in [0.25, 0.3) is 0 Å². The molecular formula is C21H25ClN4S. The molecule has 1 aromatic heterocycles. The minimum Gasteiger partial charge on any atom is -0.353 e. The van der Waals surface area contributed by atoms with Crippen molar-refractivity contribution in [1.82, 2.24) is 14.6 Å². The van der Waals surface area contributed by atoms with Crippen molar-refractivity contribution in [2.75, 3.05) is 37.6 Å². The Morgan fingerprint density at radius 3 is 2.67 bits per heavy atom. The Kier molecular flexibility index (Phi) is 5.64. The van der Waals surface area contributed by atoms with Crippen LogP contribution in [0.4, 0.5) is 5.82 Å². The van der Waals surface area contributed by atoms with E-state index in [9.17, 15) is 0 Å². The minimum atomic E-state index is 0. The Labute approximate surface area is 170 Å². The molecule has 6 heteroatoms. The van der Waals surface area contributed by atoms with E-state index < -0.39 is 0 Å². The van der Waals surface area contributed by atoms with Crippen LogP contribution in [0.3, 0.4) is 0 Å². The second kappa shape index (κ2) is 8.15. The van der Waals surface area contributed by atoms with Crippen LogP contribution in [-0.4, -0.2) is 42.0 Å². The summed E-state index contributed by atoms with van der Waals surface area (Å²) in [7, 11) is 0. The van der Waals surface area contributed by atoms with E-state index in [4.69, 9.17) is 4.37 Å². The zero-order valence-corrected chi connectivity index (χ0v) is 17.0. The maximum Gasteiger partial charge on any atom is 0.150 e. The number of nitrogens with zero attached hydrogens (tertiary/aromatic N) is 3. The Balaban J connectivity index is 0.00000180. The fraction of sp³-hybridized carbons (Fsp3) is 0.381. The van der Waals surface area contributed by atoms with Crippen molar-refractivity contribution in [2.24, 2.45) is 0 Å². The van der Waals surface area contributed by atoms with Crippen molar-refractivity contribution in [2.45, 2.75) is 19.5 Å². The number of hydrogen-bond donors (Lipinski definition) is 1. The van der Waals surface area contributed by atoms with Crippen LogP contribution >= 0.6 is 23.9 Å². The molecule has 3 aromatic rings. The summed E-state index contributed by atoms with van der Waals surface area (Å²) in [5, 5.41) is 4.73. The van der Waals surface area contributed by atoms with Gasteiger partial charge in [-0.3, -0.25) is 4.90 Å². The topological polar surface area (TPSA) is 31.4 Å². The summed E-state index contributed by atoms with van der Waals surface area (Å²) < 4.78 is 6.00. The summed E-state index contributed by atoms with van der Waals surface area (Å²) in [6.07, 6.45) is 1.15. The molecule has 0 saturated carbocycles. The first kappa shape index (κ1) is 18.7. The van der Waals surface area contributed by atoms with E-state index in [1.807, 2.05) is 0 Å². The molecule has 0 radical (unpaired) electrons. The number of anilines is 1. The molecule has 1 saturated heterocycles. The molecule has 5 rings (SSSR count). The maximum absolute atomic E-state index is 4.71. The molecule has 1 N–H and O–H groups in total. The third kappa shape index (κ3) is 3.83. The highest BCUT2D eigenvalue weighted by Gasteiger charge is 2.20. The van der Waals surface area contributed by atoms with Gasteiger partial charge in [-0.1, -0.05) is 30.3 Å². The van der Waals surface area contributed by atoms with Gasteiger partial charge in [0, 0.05) is 51.2 Å². The predicted molar refractivity (Wildman–Crippen MR) is 116 cm³/mol. The van der Waals surface area contributed by atoms with Crippen LogP contribution < -0.4 is 10.2 Å². The van der Waals surface area contributed by atoms with Crippen molar-refractivity contribution in [1.29, 1.82) is 0 Å². The molecule has 27 heavy (non-hydrogen) atoms. The molecule has 142 valence electrons. The Morgan fingerprint density at radius 1 is 0.963 bits per heavy atom. The minimum absolute atomic E-state index is 0. The second-order valence-corrected chi connectivity index (χ2v) is 8.09. The predicted octanol–water partition coefficient (Wildman–Crippen LogP) is 3.69. The Morgan fingerprint density at radius 2 is 1.78 bits per heavy atom. The molecule has 0 bridgehead atoms. The highest BCUT2D eigenvalue weighted by Crippen LogP contribution is 2.29. The van der Waals surface area contributed by atoms with Crippen molar-refractivity contribution in [3.8, 4) is 0 Å². The molecule has 3 heterocycles. The number of nitrogens with one attached hydrogen (secondary N) is 1. The molecule has 1 fully saturated rings. The lowest BCUT2D eigenvalue weighted by Crippen LogP contribution is -2.47. The van der Waals surface area contributed by atoms with Crippen LogP contribution in [-0.2, 0) is 19.5 Å². The number of hydrogen-bond acceptors (Lipinski definition) is 5. The van der Waals surface area contributed by atoms with E-state index in [2.05, 4.69) is 57.6 Å². The average molecular weight is 401 g/mol. The fourth-order valence-electron chi connectivity index (χ4n) is 4.07. The molecule has 0 unspecified atom stereocenters. The molecule has 2 aliphatic rings. The third-order valence-electron chi connectivity index (χ3n) is 5.65. The highest BCUT2D eigenvalue weighted by molar-refractivity contribution is 7.13. The van der Waals surface area contributed by atoms with Gasteiger partial charge in [-0.05, 0) is 46.8 Å². The standard InChI is InChI=1S/C21H24N4S.ClH/c1-2-4-20-19(3-1)21(23-26-20)25-11-9-24(10-12-25)8-7-16-5-6-17-14-22-15-18(17)13-16;/h1-6,13,22H,7-12,14-15H2;1H. The summed E-state index contributed by atoms with van der Waals surface area (Å²) in [5.74, 6) is 1.18. The first-order valence-corrected chi connectivity index (χ1v) is 10.3. The van der Waals surface area contributed by atoms with Gasteiger partial charge in [-0.25, -0.2) is 0 Å². The van der Waals surface area contributed by atoms with E-state index in [1.165, 1.54) is 32.6 Å². The fourth-order valence-corrected chi connectivity index (χ4v) is 4.87. The van der Waals surface area contributed by atoms with Crippen molar-refractivity contribution < 1.29 is 0 Å². The number of halogens is 1. The lowest BCUT2D eigenvalue weighted by Gasteiger charge is -2.35. The van der Waals surface area contributed by atoms with E-state index >= 15 is 0 Å². The first-order chi connectivity index (χ1) is 12.9. The van der Waals surface area contributed by atoms with Gasteiger partial charge in [0.15, 0.2) is 0 Å². The maximum atomic E-state index is 4.71. The van der Waals surface area contributed by atoms with E-state index in [1.54, 1.807) is 11.5 Å². The van der Waals surface area contributed by atoms with Crippen LogP contribution in [0.5, 0.6) is 0 Å². The number of aromatic nitrogens is 1. The van der Waals surface area contributed by atoms with Crippen LogP contribution in [0.1, 0.15) is 16.7 Å². The van der Waals surface area contributed by atoms with Gasteiger partial charge in [0.05, 0.1) is 4.70 Å². The van der Waals surface area contributed by atoms with Gasteiger partial charge in [0.2, 0.25) is 0 Å². The molecule has 4 nitrogen and oxygen atoms in total. The Hall–Kier alpha value is -1.66. The number of piperazine rings is 1. The molecule has 0 aliphatic carbocycles. The van der Waals surface area contributed by atoms with Gasteiger partial charge in [-0.15, -0.1) is 12.4 Å². The normalized spacial score (nSPS) is 17.1. The second-order valence-electron chi connectivity index (χ2n) is 7.29. The van der Waals surface area contributed by atoms with Crippen molar-refractivity contribution in [3.05, 3.63) is 59.2 Å². The van der Waals surface area contributed by atoms with Crippen LogP contribution in [0.15, 0.2) is 42.5 Å². The van der Waals surface area contributed by atoms with E-state index in [0.717, 1.165) is 52.2 Å². The molecular weight excluding hydrogens is 376 g/mol. The molecule has 0 spiro atoms. The Bertz CT molecular complexity index is 917. The van der Waals surface area contributed by atoms with Crippen molar-refractivity contribution in [3.63, 3.8) is 0 Å². The summed E-state index contributed by atoms with van der Waals surface area (Å²) >= 11 is 1.62. The first-order valence-electron chi connectivity index (χ1n) is 9.50. The monoisotopic (exact) mass is 400 g/mol. The smallest absolute Gasteiger partial charge is 0.150 e. The van der Waals surface area contributed by atoms with Crippen LogP contribution in [0.25, 0.3) is 10.1 Å². The summed E-state index contributed by atoms with van der Waals surface area (Å²) in [6.45, 7) is 7.60. The van der Waals surface area contributed by atoms with Gasteiger partial charge in [-0.2, -0.15) is 4.37 Å². The molecule has 0 atom stereocenters. The summed E-state index contributed by atoms with van der Waals surface area (Å²) in [5.41, 5.74) is 4.43. The SMILES string of the molecule is Cl.c1ccc2c(N3CCN(CCc4ccc5c(c4)CNC5)CC3)nsc2c1. The quantitative estimate of drug-likeness (QED) is 0.723. The summed E-state index contributed by atoms with van der Waals surface area (Å²) in [6, 6.07) is 15.6. The van der Waals surface area contributed by atoms with Gasteiger partial charge in [0.1, 0.15) is 5.82 Å². The molecule has 0 amide bonds. The van der Waals surface area contributed by atoms with Crippen molar-refractivity contribution >= 4 is 39.8 Å². The zero-order valence-electron chi connectivity index (χ0n) is 15.4. The van der Waals surface area contributed by atoms with Gasteiger partial charge < -0.3 is 10.2 Å². The van der Waals surface area contributed by atoms with E-state index in [-0.39, 0.29) is 12.4 Å². The molecule has 2 aromatic carbocycles. The van der Waals surface area contributed by atoms with Crippen LogP contribution in [0, 0.1) is 0 Å². The lowest BCUT2D eigenvalue weighted by atomic mass is 10.0. The number of benzene rings is 2. The number of fused-ring (bicyclic) bond motifs is 2. The molecule has 2 aliphatic heterocycles. The van der Waals surface area contributed by atoms with E-state index in [0.29, 0.717) is 0 Å². The summed E-state index contributed by atoms with van der Waals surface area (Å²) in [4.78, 5) is 5.05.